The number of fused-ring (bicyclic) bond motifs is 1. The van der Waals surface area contributed by atoms with Gasteiger partial charge in [0.05, 0.1) is 12.6 Å². The van der Waals surface area contributed by atoms with Gasteiger partial charge in [-0.05, 0) is 48.5 Å². The van der Waals surface area contributed by atoms with Gasteiger partial charge in [-0.3, -0.25) is 0 Å². The first kappa shape index (κ1) is 17.4. The van der Waals surface area contributed by atoms with Gasteiger partial charge in [-0.2, -0.15) is 0 Å². The highest BCUT2D eigenvalue weighted by Crippen LogP contribution is 2.39. The van der Waals surface area contributed by atoms with Crippen LogP contribution in [-0.4, -0.2) is 32.4 Å². The van der Waals surface area contributed by atoms with E-state index in [4.69, 9.17) is 4.74 Å². The Bertz CT molecular complexity index is 1140. The third-order valence-electron chi connectivity index (χ3n) is 4.28. The summed E-state index contributed by atoms with van der Waals surface area (Å²) in [6, 6.07) is 17.5. The van der Waals surface area contributed by atoms with Crippen molar-refractivity contribution in [3.63, 3.8) is 0 Å². The van der Waals surface area contributed by atoms with Crippen molar-refractivity contribution in [3.8, 4) is 34.4 Å². The number of nitrogens with one attached hydrogen (secondary N) is 1. The molecule has 1 heterocycles. The first-order valence-electron chi connectivity index (χ1n) is 8.48. The van der Waals surface area contributed by atoms with E-state index in [1.165, 1.54) is 12.1 Å². The molecule has 1 aromatic heterocycles. The van der Waals surface area contributed by atoms with Gasteiger partial charge in [0.15, 0.2) is 23.1 Å². The average Bonchev–Trinajstić information content (AvgIpc) is 2.72. The maximum Gasteiger partial charge on any atom is 0.200 e. The summed E-state index contributed by atoms with van der Waals surface area (Å²) in [5.41, 5.74) is 1.87. The molecule has 3 aromatic carbocycles. The molecule has 4 N–H and O–H groups in total. The molecule has 7 nitrogen and oxygen atoms in total. The SMILES string of the molecule is COc1ccc(Nc2nc(-c3cc(O)c(O)c(O)c3)nc3ccccc23)cc1. The molecule has 0 saturated carbocycles. The minimum atomic E-state index is -0.582. The maximum absolute atomic E-state index is 9.82. The number of benzene rings is 3. The molecular weight excluding hydrogens is 358 g/mol. The Morgan fingerprint density at radius 3 is 2.21 bits per heavy atom. The van der Waals surface area contributed by atoms with Crippen LogP contribution >= 0.6 is 0 Å². The fraction of sp³-hybridized carbons (Fsp3) is 0.0476. The summed E-state index contributed by atoms with van der Waals surface area (Å²) in [4.78, 5) is 9.08. The zero-order chi connectivity index (χ0) is 19.7. The standard InChI is InChI=1S/C21H17N3O4/c1-28-14-8-6-13(7-9-14)22-21-15-4-2-3-5-16(15)23-20(24-21)12-10-17(25)19(27)18(26)11-12/h2-11,25-27H,1H3,(H,22,23,24). The maximum atomic E-state index is 9.82. The van der Waals surface area contributed by atoms with Crippen molar-refractivity contribution < 1.29 is 20.1 Å². The summed E-state index contributed by atoms with van der Waals surface area (Å²) in [6.07, 6.45) is 0. The molecule has 4 rings (SSSR count). The van der Waals surface area contributed by atoms with Crippen LogP contribution in [0.2, 0.25) is 0 Å². The van der Waals surface area contributed by atoms with Crippen LogP contribution in [0, 0.1) is 0 Å². The fourth-order valence-corrected chi connectivity index (χ4v) is 2.85. The van der Waals surface area contributed by atoms with Crippen LogP contribution in [-0.2, 0) is 0 Å². The number of aromatic nitrogens is 2. The van der Waals surface area contributed by atoms with Crippen molar-refractivity contribution in [3.05, 3.63) is 60.7 Å². The summed E-state index contributed by atoms with van der Waals surface area (Å²) in [6.45, 7) is 0. The minimum Gasteiger partial charge on any atom is -0.504 e. The van der Waals surface area contributed by atoms with Gasteiger partial charge in [0.2, 0.25) is 0 Å². The molecule has 4 aromatic rings. The summed E-state index contributed by atoms with van der Waals surface area (Å²) < 4.78 is 5.18. The number of rotatable bonds is 4. The van der Waals surface area contributed by atoms with Gasteiger partial charge in [0.1, 0.15) is 11.6 Å². The fourth-order valence-electron chi connectivity index (χ4n) is 2.85. The van der Waals surface area contributed by atoms with E-state index >= 15 is 0 Å². The number of aromatic hydroxyl groups is 3. The first-order valence-corrected chi connectivity index (χ1v) is 8.48. The van der Waals surface area contributed by atoms with E-state index in [0.717, 1.165) is 16.8 Å². The zero-order valence-electron chi connectivity index (χ0n) is 14.9. The van der Waals surface area contributed by atoms with E-state index in [-0.39, 0.29) is 0 Å². The molecule has 0 unspecified atom stereocenters. The molecule has 0 bridgehead atoms. The van der Waals surface area contributed by atoms with Crippen molar-refractivity contribution in [2.75, 3.05) is 12.4 Å². The lowest BCUT2D eigenvalue weighted by Gasteiger charge is -2.12. The van der Waals surface area contributed by atoms with Crippen molar-refractivity contribution in [2.45, 2.75) is 0 Å². The van der Waals surface area contributed by atoms with Gasteiger partial charge in [-0.25, -0.2) is 9.97 Å². The third kappa shape index (κ3) is 3.21. The number of ether oxygens (including phenoxy) is 1. The monoisotopic (exact) mass is 375 g/mol. The molecule has 28 heavy (non-hydrogen) atoms. The van der Waals surface area contributed by atoms with Crippen LogP contribution in [0.25, 0.3) is 22.3 Å². The number of hydrogen-bond donors (Lipinski definition) is 4. The second-order valence-electron chi connectivity index (χ2n) is 6.13. The molecule has 0 radical (unpaired) electrons. The van der Waals surface area contributed by atoms with Gasteiger partial charge < -0.3 is 25.4 Å². The topological polar surface area (TPSA) is 108 Å². The minimum absolute atomic E-state index is 0.292. The Hall–Kier alpha value is -4.00. The van der Waals surface area contributed by atoms with Gasteiger partial charge >= 0.3 is 0 Å². The van der Waals surface area contributed by atoms with Crippen LogP contribution in [0.4, 0.5) is 11.5 Å². The van der Waals surface area contributed by atoms with Crippen molar-refractivity contribution in [1.82, 2.24) is 9.97 Å². The van der Waals surface area contributed by atoms with Gasteiger partial charge in [-0.1, -0.05) is 12.1 Å². The molecule has 140 valence electrons. The second-order valence-corrected chi connectivity index (χ2v) is 6.13. The highest BCUT2D eigenvalue weighted by atomic mass is 16.5. The van der Waals surface area contributed by atoms with Crippen LogP contribution in [0.3, 0.4) is 0 Å². The number of phenols is 3. The average molecular weight is 375 g/mol. The molecule has 0 amide bonds. The quantitative estimate of drug-likeness (QED) is 0.397. The number of anilines is 2. The zero-order valence-corrected chi connectivity index (χ0v) is 14.9. The molecule has 0 aliphatic rings. The summed E-state index contributed by atoms with van der Waals surface area (Å²) in [5.74, 6) is 0.126. The molecule has 0 aliphatic heterocycles. The van der Waals surface area contributed by atoms with E-state index in [0.29, 0.717) is 22.7 Å². The highest BCUT2D eigenvalue weighted by molar-refractivity contribution is 5.92. The number of hydrogen-bond acceptors (Lipinski definition) is 7. The van der Waals surface area contributed by atoms with Crippen LogP contribution < -0.4 is 10.1 Å². The number of para-hydroxylation sites is 1. The third-order valence-corrected chi connectivity index (χ3v) is 4.28. The molecule has 0 aliphatic carbocycles. The lowest BCUT2D eigenvalue weighted by Crippen LogP contribution is -1.99. The van der Waals surface area contributed by atoms with E-state index < -0.39 is 17.2 Å². The Kier molecular flexibility index (Phi) is 4.33. The summed E-state index contributed by atoms with van der Waals surface area (Å²) in [7, 11) is 1.61. The van der Waals surface area contributed by atoms with Crippen molar-refractivity contribution >= 4 is 22.4 Å². The lowest BCUT2D eigenvalue weighted by molar-refractivity contribution is 0.368. The van der Waals surface area contributed by atoms with Gasteiger partial charge in [0.25, 0.3) is 0 Å². The molecule has 0 saturated heterocycles. The summed E-state index contributed by atoms with van der Waals surface area (Å²) in [5, 5.41) is 33.3. The Balaban J connectivity index is 1.83. The number of nitrogens with zero attached hydrogens (tertiary/aromatic N) is 2. The van der Waals surface area contributed by atoms with Gasteiger partial charge in [0, 0.05) is 16.6 Å². The van der Waals surface area contributed by atoms with Crippen molar-refractivity contribution in [1.29, 1.82) is 0 Å². The van der Waals surface area contributed by atoms with Crippen LogP contribution in [0.15, 0.2) is 60.7 Å². The smallest absolute Gasteiger partial charge is 0.200 e. The van der Waals surface area contributed by atoms with E-state index in [1.807, 2.05) is 48.5 Å². The largest absolute Gasteiger partial charge is 0.504 e. The molecule has 0 atom stereocenters. The van der Waals surface area contributed by atoms with Gasteiger partial charge in [-0.15, -0.1) is 0 Å². The van der Waals surface area contributed by atoms with E-state index in [9.17, 15) is 15.3 Å². The molecule has 0 spiro atoms. The number of methoxy groups -OCH3 is 1. The normalized spacial score (nSPS) is 10.8. The Labute approximate surface area is 160 Å². The Morgan fingerprint density at radius 1 is 0.857 bits per heavy atom. The summed E-state index contributed by atoms with van der Waals surface area (Å²) >= 11 is 0. The van der Waals surface area contributed by atoms with Crippen molar-refractivity contribution in [2.24, 2.45) is 0 Å². The highest BCUT2D eigenvalue weighted by Gasteiger charge is 2.14. The van der Waals surface area contributed by atoms with E-state index in [1.54, 1.807) is 7.11 Å². The van der Waals surface area contributed by atoms with Crippen LogP contribution in [0.1, 0.15) is 0 Å². The number of phenolic OH excluding ortho intramolecular Hbond substituents is 3. The molecule has 7 heteroatoms. The Morgan fingerprint density at radius 2 is 1.54 bits per heavy atom. The molecular formula is C21H17N3O4. The van der Waals surface area contributed by atoms with Crippen LogP contribution in [0.5, 0.6) is 23.0 Å². The predicted octanol–water partition coefficient (Wildman–Crippen LogP) is 4.17. The second kappa shape index (κ2) is 6.96. The molecule has 0 fully saturated rings. The lowest BCUT2D eigenvalue weighted by atomic mass is 10.1. The predicted molar refractivity (Wildman–Crippen MR) is 106 cm³/mol. The van der Waals surface area contributed by atoms with E-state index in [2.05, 4.69) is 15.3 Å². The first-order chi connectivity index (χ1) is 13.5.